The van der Waals surface area contributed by atoms with Crippen molar-refractivity contribution in [2.24, 2.45) is 10.1 Å². The molecule has 2 rings (SSSR count). The van der Waals surface area contributed by atoms with E-state index in [0.717, 1.165) is 23.9 Å². The summed E-state index contributed by atoms with van der Waals surface area (Å²) in [7, 11) is 0. The summed E-state index contributed by atoms with van der Waals surface area (Å²) in [5, 5.41) is 14.1. The predicted molar refractivity (Wildman–Crippen MR) is 100 cm³/mol. The van der Waals surface area contributed by atoms with Crippen molar-refractivity contribution in [2.45, 2.75) is 45.1 Å². The van der Waals surface area contributed by atoms with Crippen LogP contribution in [0, 0.1) is 11.3 Å². The van der Waals surface area contributed by atoms with Gasteiger partial charge in [0.05, 0.1) is 22.9 Å². The monoisotopic (exact) mass is 436 g/mol. The number of aliphatic imine (C=N–C) groups is 1. The molecular weight excluding hydrogens is 418 g/mol. The molecule has 0 saturated carbocycles. The van der Waals surface area contributed by atoms with Crippen molar-refractivity contribution in [3.05, 3.63) is 29.3 Å². The molecule has 158 valence electrons. The van der Waals surface area contributed by atoms with E-state index in [4.69, 9.17) is 5.26 Å². The number of nitriles is 1. The van der Waals surface area contributed by atoms with E-state index in [0.29, 0.717) is 5.75 Å². The second-order valence-electron chi connectivity index (χ2n) is 6.40. The number of thioether (sulfide) groups is 1. The quantitative estimate of drug-likeness (QED) is 0.342. The Morgan fingerprint density at radius 2 is 1.90 bits per heavy atom. The number of alkyl halides is 6. The van der Waals surface area contributed by atoms with Crippen LogP contribution in [0.3, 0.4) is 0 Å². The van der Waals surface area contributed by atoms with Gasteiger partial charge < -0.3 is 0 Å². The van der Waals surface area contributed by atoms with Gasteiger partial charge in [-0.2, -0.15) is 36.7 Å². The molecule has 0 radical (unpaired) electrons. The molecule has 0 N–H and O–H groups in total. The van der Waals surface area contributed by atoms with Gasteiger partial charge in [-0.05, 0) is 37.8 Å². The topological polar surface area (TPSA) is 51.8 Å². The first-order valence-electron chi connectivity index (χ1n) is 8.62. The van der Waals surface area contributed by atoms with Gasteiger partial charge in [0.1, 0.15) is 16.3 Å². The molecule has 1 heterocycles. The smallest absolute Gasteiger partial charge is 0.284 e. The minimum absolute atomic E-state index is 0.0926. The van der Waals surface area contributed by atoms with E-state index >= 15 is 0 Å². The zero-order chi connectivity index (χ0) is 22.0. The van der Waals surface area contributed by atoms with E-state index in [1.807, 2.05) is 0 Å². The van der Waals surface area contributed by atoms with Crippen molar-refractivity contribution in [3.63, 3.8) is 0 Å². The van der Waals surface area contributed by atoms with Crippen molar-refractivity contribution in [3.8, 4) is 6.07 Å². The maximum Gasteiger partial charge on any atom is 0.431 e. The van der Waals surface area contributed by atoms with Crippen LogP contribution in [0.15, 0.2) is 28.3 Å². The summed E-state index contributed by atoms with van der Waals surface area (Å²) in [6.45, 7) is 5.11. The molecule has 0 fully saturated rings. The highest BCUT2D eigenvalue weighted by Gasteiger charge is 2.50. The summed E-state index contributed by atoms with van der Waals surface area (Å²) >= 11 is 1.14. The fraction of sp³-hybridized carbons (Fsp3) is 0.500. The Labute approximate surface area is 168 Å². The maximum atomic E-state index is 13.2. The van der Waals surface area contributed by atoms with Gasteiger partial charge in [-0.1, -0.05) is 6.92 Å². The summed E-state index contributed by atoms with van der Waals surface area (Å²) in [4.78, 5) is 4.25. The van der Waals surface area contributed by atoms with E-state index in [9.17, 15) is 26.3 Å². The van der Waals surface area contributed by atoms with Gasteiger partial charge in [0, 0.05) is 13.0 Å². The number of hydrazone groups is 1. The SMILES string of the molecule is CCSC(=Nc1ccc(C#N)c(C(F)(F)F)c1)C1(C)CC(C(F)(F)F)=NN1CC. The van der Waals surface area contributed by atoms with Gasteiger partial charge in [-0.25, -0.2) is 4.99 Å². The molecule has 0 spiro atoms. The second kappa shape index (κ2) is 8.26. The van der Waals surface area contributed by atoms with Crippen LogP contribution >= 0.6 is 11.8 Å². The molecule has 1 aromatic rings. The zero-order valence-electron chi connectivity index (χ0n) is 15.8. The third-order valence-corrected chi connectivity index (χ3v) is 5.44. The predicted octanol–water partition coefficient (Wildman–Crippen LogP) is 5.76. The summed E-state index contributed by atoms with van der Waals surface area (Å²) in [6, 6.07) is 4.46. The van der Waals surface area contributed by atoms with Crippen LogP contribution in [0.25, 0.3) is 0 Å². The highest BCUT2D eigenvalue weighted by molar-refractivity contribution is 8.14. The van der Waals surface area contributed by atoms with Gasteiger partial charge in [-0.3, -0.25) is 5.01 Å². The first-order valence-corrected chi connectivity index (χ1v) is 9.61. The van der Waals surface area contributed by atoms with Gasteiger partial charge in [0.25, 0.3) is 0 Å². The van der Waals surface area contributed by atoms with Crippen molar-refractivity contribution >= 4 is 28.2 Å². The van der Waals surface area contributed by atoms with Crippen LogP contribution in [0.4, 0.5) is 32.0 Å². The Bertz CT molecular complexity index is 869. The number of benzene rings is 1. The number of halogens is 6. The third-order valence-electron chi connectivity index (χ3n) is 4.35. The van der Waals surface area contributed by atoms with Crippen molar-refractivity contribution in [1.82, 2.24) is 5.01 Å². The Morgan fingerprint density at radius 1 is 1.24 bits per heavy atom. The molecule has 1 unspecified atom stereocenters. The summed E-state index contributed by atoms with van der Waals surface area (Å²) < 4.78 is 79.3. The molecule has 1 aliphatic rings. The molecule has 0 saturated heterocycles. The van der Waals surface area contributed by atoms with E-state index in [-0.39, 0.29) is 17.3 Å². The van der Waals surface area contributed by atoms with Crippen molar-refractivity contribution in [2.75, 3.05) is 12.3 Å². The number of hydrogen-bond donors (Lipinski definition) is 0. The fourth-order valence-electron chi connectivity index (χ4n) is 2.97. The van der Waals surface area contributed by atoms with Gasteiger partial charge >= 0.3 is 12.4 Å². The highest BCUT2D eigenvalue weighted by Crippen LogP contribution is 2.40. The minimum atomic E-state index is -4.76. The normalized spacial score (nSPS) is 20.6. The summed E-state index contributed by atoms with van der Waals surface area (Å²) in [6.07, 6.45) is -9.82. The lowest BCUT2D eigenvalue weighted by atomic mass is 9.96. The molecule has 1 aromatic carbocycles. The number of hydrogen-bond acceptors (Lipinski definition) is 5. The standard InChI is InChI=1S/C18H18F6N4S/c1-4-28-16(3,9-14(27-28)18(22,23)24)15(29-5-2)26-12-7-6-11(10-25)13(8-12)17(19,20)21/h6-8H,4-5,9H2,1-3H3. The zero-order valence-corrected chi connectivity index (χ0v) is 16.6. The molecule has 29 heavy (non-hydrogen) atoms. The maximum absolute atomic E-state index is 13.2. The number of nitrogens with zero attached hydrogens (tertiary/aromatic N) is 4. The molecule has 0 bridgehead atoms. The van der Waals surface area contributed by atoms with Crippen LogP contribution in [-0.2, 0) is 6.18 Å². The average Bonchev–Trinajstić information content (AvgIpc) is 2.99. The van der Waals surface area contributed by atoms with Crippen LogP contribution in [-0.4, -0.2) is 39.8 Å². The summed E-state index contributed by atoms with van der Waals surface area (Å²) in [5.41, 5.74) is -3.98. The van der Waals surface area contributed by atoms with Gasteiger partial charge in [-0.15, -0.1) is 11.8 Å². The summed E-state index contributed by atoms with van der Waals surface area (Å²) in [5.74, 6) is 0.454. The lowest BCUT2D eigenvalue weighted by molar-refractivity contribution is -0.137. The van der Waals surface area contributed by atoms with Crippen molar-refractivity contribution < 1.29 is 26.3 Å². The van der Waals surface area contributed by atoms with Crippen molar-refractivity contribution in [1.29, 1.82) is 5.26 Å². The van der Waals surface area contributed by atoms with Crippen LogP contribution < -0.4 is 0 Å². The fourth-order valence-corrected chi connectivity index (χ4v) is 3.90. The Balaban J connectivity index is 2.55. The Morgan fingerprint density at radius 3 is 2.38 bits per heavy atom. The molecule has 0 amide bonds. The molecule has 1 atom stereocenters. The molecular formula is C18H18F6N4S. The average molecular weight is 436 g/mol. The Hall–Kier alpha value is -2.22. The first-order chi connectivity index (χ1) is 13.4. The lowest BCUT2D eigenvalue weighted by Gasteiger charge is -2.34. The van der Waals surface area contributed by atoms with E-state index in [1.165, 1.54) is 24.1 Å². The van der Waals surface area contributed by atoms with E-state index in [1.54, 1.807) is 13.8 Å². The van der Waals surface area contributed by atoms with E-state index < -0.39 is 41.2 Å². The molecule has 0 aliphatic carbocycles. The molecule has 4 nitrogen and oxygen atoms in total. The van der Waals surface area contributed by atoms with Gasteiger partial charge in [0.15, 0.2) is 0 Å². The lowest BCUT2D eigenvalue weighted by Crippen LogP contribution is -2.46. The molecule has 11 heteroatoms. The van der Waals surface area contributed by atoms with Gasteiger partial charge in [0.2, 0.25) is 0 Å². The van der Waals surface area contributed by atoms with Crippen LogP contribution in [0.2, 0.25) is 0 Å². The largest absolute Gasteiger partial charge is 0.431 e. The molecule has 0 aromatic heterocycles. The highest BCUT2D eigenvalue weighted by atomic mass is 32.2. The minimum Gasteiger partial charge on any atom is -0.284 e. The first kappa shape index (κ1) is 23.1. The third kappa shape index (κ3) is 4.86. The number of rotatable bonds is 4. The Kier molecular flexibility index (Phi) is 6.57. The van der Waals surface area contributed by atoms with Crippen LogP contribution in [0.1, 0.15) is 38.3 Å². The molecule has 1 aliphatic heterocycles. The second-order valence-corrected chi connectivity index (χ2v) is 7.65. The van der Waals surface area contributed by atoms with Crippen LogP contribution in [0.5, 0.6) is 0 Å². The van der Waals surface area contributed by atoms with E-state index in [2.05, 4.69) is 10.1 Å².